The van der Waals surface area contributed by atoms with E-state index in [2.05, 4.69) is 16.7 Å². The third-order valence-electron chi connectivity index (χ3n) is 5.06. The second-order valence-electron chi connectivity index (χ2n) is 6.64. The molecule has 0 spiro atoms. The van der Waals surface area contributed by atoms with Crippen LogP contribution < -0.4 is 15.4 Å². The van der Waals surface area contributed by atoms with Gasteiger partial charge in [0.15, 0.2) is 0 Å². The average Bonchev–Trinajstić information content (AvgIpc) is 3.35. The minimum atomic E-state index is -0.0203. The first-order chi connectivity index (χ1) is 10.7. The highest BCUT2D eigenvalue weighted by molar-refractivity contribution is 5.74. The van der Waals surface area contributed by atoms with Gasteiger partial charge in [0.05, 0.1) is 7.11 Å². The van der Waals surface area contributed by atoms with Crippen LogP contribution >= 0.6 is 0 Å². The molecular formula is C18H26N2O2. The van der Waals surface area contributed by atoms with Crippen molar-refractivity contribution in [3.63, 3.8) is 0 Å². The van der Waals surface area contributed by atoms with E-state index < -0.39 is 0 Å². The number of carbonyl (C=O) groups is 1. The van der Waals surface area contributed by atoms with Crippen LogP contribution in [0.2, 0.25) is 0 Å². The minimum absolute atomic E-state index is 0.0203. The van der Waals surface area contributed by atoms with Crippen molar-refractivity contribution in [2.75, 3.05) is 13.7 Å². The largest absolute Gasteiger partial charge is 0.496 e. The van der Waals surface area contributed by atoms with E-state index in [0.29, 0.717) is 12.6 Å². The van der Waals surface area contributed by atoms with Gasteiger partial charge in [0.25, 0.3) is 0 Å². The predicted octanol–water partition coefficient (Wildman–Crippen LogP) is 3.36. The minimum Gasteiger partial charge on any atom is -0.496 e. The van der Waals surface area contributed by atoms with E-state index in [9.17, 15) is 4.79 Å². The molecule has 0 aliphatic heterocycles. The van der Waals surface area contributed by atoms with Crippen molar-refractivity contribution in [1.82, 2.24) is 10.6 Å². The topological polar surface area (TPSA) is 50.4 Å². The van der Waals surface area contributed by atoms with Crippen LogP contribution in [0.4, 0.5) is 4.79 Å². The van der Waals surface area contributed by atoms with Crippen LogP contribution in [-0.4, -0.2) is 25.7 Å². The van der Waals surface area contributed by atoms with Gasteiger partial charge in [0.2, 0.25) is 0 Å². The summed E-state index contributed by atoms with van der Waals surface area (Å²) >= 11 is 0. The highest BCUT2D eigenvalue weighted by Gasteiger charge is 2.46. The number of nitrogens with one attached hydrogen (secondary N) is 2. The standard InChI is InChI=1S/C18H26N2O2/c1-22-16-10-6-5-9-15(16)18(11-12-18)13-19-17(21)20-14-7-3-2-4-8-14/h5-6,9-10,14H,2-4,7-8,11-13H2,1H3,(H2,19,20,21). The first-order valence-corrected chi connectivity index (χ1v) is 8.41. The maximum atomic E-state index is 12.1. The second kappa shape index (κ2) is 6.59. The zero-order chi connectivity index (χ0) is 15.4. The van der Waals surface area contributed by atoms with E-state index in [1.54, 1.807) is 7.11 Å². The van der Waals surface area contributed by atoms with Gasteiger partial charge in [-0.3, -0.25) is 0 Å². The van der Waals surface area contributed by atoms with Crippen molar-refractivity contribution >= 4 is 6.03 Å². The molecule has 2 N–H and O–H groups in total. The summed E-state index contributed by atoms with van der Waals surface area (Å²) < 4.78 is 5.47. The van der Waals surface area contributed by atoms with Crippen molar-refractivity contribution in [1.29, 1.82) is 0 Å². The number of para-hydroxylation sites is 1. The monoisotopic (exact) mass is 302 g/mol. The Morgan fingerprint density at radius 2 is 1.95 bits per heavy atom. The van der Waals surface area contributed by atoms with Crippen LogP contribution in [0.25, 0.3) is 0 Å². The maximum absolute atomic E-state index is 12.1. The molecule has 22 heavy (non-hydrogen) atoms. The van der Waals surface area contributed by atoms with Gasteiger partial charge in [-0.15, -0.1) is 0 Å². The lowest BCUT2D eigenvalue weighted by Crippen LogP contribution is -2.45. The lowest BCUT2D eigenvalue weighted by molar-refractivity contribution is 0.231. The Hall–Kier alpha value is -1.71. The zero-order valence-corrected chi connectivity index (χ0v) is 13.4. The molecule has 2 aliphatic rings. The van der Waals surface area contributed by atoms with E-state index in [0.717, 1.165) is 31.4 Å². The summed E-state index contributed by atoms with van der Waals surface area (Å²) in [4.78, 5) is 12.1. The van der Waals surface area contributed by atoms with Crippen molar-refractivity contribution in [3.05, 3.63) is 29.8 Å². The number of methoxy groups -OCH3 is 1. The highest BCUT2D eigenvalue weighted by Crippen LogP contribution is 2.50. The summed E-state index contributed by atoms with van der Waals surface area (Å²) in [5.41, 5.74) is 1.28. The summed E-state index contributed by atoms with van der Waals surface area (Å²) in [6.07, 6.45) is 8.22. The van der Waals surface area contributed by atoms with Crippen molar-refractivity contribution < 1.29 is 9.53 Å². The summed E-state index contributed by atoms with van der Waals surface area (Å²) in [6.45, 7) is 0.686. The fourth-order valence-corrected chi connectivity index (χ4v) is 3.51. The molecule has 2 aliphatic carbocycles. The van der Waals surface area contributed by atoms with Gasteiger partial charge in [-0.25, -0.2) is 4.79 Å². The zero-order valence-electron chi connectivity index (χ0n) is 13.4. The second-order valence-corrected chi connectivity index (χ2v) is 6.64. The van der Waals surface area contributed by atoms with Crippen LogP contribution in [0, 0.1) is 0 Å². The van der Waals surface area contributed by atoms with Crippen LogP contribution in [0.15, 0.2) is 24.3 Å². The van der Waals surface area contributed by atoms with Gasteiger partial charge in [-0.1, -0.05) is 37.5 Å². The number of rotatable bonds is 5. The summed E-state index contributed by atoms with van der Waals surface area (Å²) in [7, 11) is 1.71. The molecule has 0 radical (unpaired) electrons. The van der Waals surface area contributed by atoms with Crippen molar-refractivity contribution in [3.8, 4) is 5.75 Å². The fourth-order valence-electron chi connectivity index (χ4n) is 3.51. The molecule has 4 heteroatoms. The van der Waals surface area contributed by atoms with Gasteiger partial charge in [-0.2, -0.15) is 0 Å². The predicted molar refractivity (Wildman–Crippen MR) is 87.3 cm³/mol. The van der Waals surface area contributed by atoms with Gasteiger partial charge >= 0.3 is 6.03 Å². The fraction of sp³-hybridized carbons (Fsp3) is 0.611. The quantitative estimate of drug-likeness (QED) is 0.876. The Bertz CT molecular complexity index is 520. The van der Waals surface area contributed by atoms with Crippen LogP contribution in [0.1, 0.15) is 50.5 Å². The summed E-state index contributed by atoms with van der Waals surface area (Å²) in [5.74, 6) is 0.925. The summed E-state index contributed by atoms with van der Waals surface area (Å²) in [5, 5.41) is 6.19. The molecule has 1 aromatic carbocycles. The average molecular weight is 302 g/mol. The van der Waals surface area contributed by atoms with Crippen molar-refractivity contribution in [2.24, 2.45) is 0 Å². The molecule has 0 bridgehead atoms. The molecule has 0 atom stereocenters. The number of carbonyl (C=O) groups excluding carboxylic acids is 1. The summed E-state index contributed by atoms with van der Waals surface area (Å²) in [6, 6.07) is 8.48. The lowest BCUT2D eigenvalue weighted by atomic mass is 9.94. The van der Waals surface area contributed by atoms with Gasteiger partial charge in [-0.05, 0) is 31.7 Å². The Kier molecular flexibility index (Phi) is 4.55. The Labute approximate surface area is 132 Å². The molecule has 2 amide bonds. The van der Waals surface area contributed by atoms with Crippen molar-refractivity contribution in [2.45, 2.75) is 56.4 Å². The molecule has 0 saturated heterocycles. The molecule has 2 saturated carbocycles. The van der Waals surface area contributed by atoms with Gasteiger partial charge < -0.3 is 15.4 Å². The molecule has 0 aromatic heterocycles. The Morgan fingerprint density at radius 3 is 2.64 bits per heavy atom. The molecule has 3 rings (SSSR count). The third kappa shape index (κ3) is 3.37. The molecule has 0 unspecified atom stereocenters. The maximum Gasteiger partial charge on any atom is 0.315 e. The highest BCUT2D eigenvalue weighted by atomic mass is 16.5. The number of hydrogen-bond donors (Lipinski definition) is 2. The number of urea groups is 1. The van der Waals surface area contributed by atoms with Crippen LogP contribution in [0.5, 0.6) is 5.75 Å². The molecule has 1 aromatic rings. The van der Waals surface area contributed by atoms with E-state index in [1.165, 1.54) is 24.8 Å². The Morgan fingerprint density at radius 1 is 1.23 bits per heavy atom. The Balaban J connectivity index is 1.55. The van der Waals surface area contributed by atoms with Gasteiger partial charge in [0.1, 0.15) is 5.75 Å². The number of amides is 2. The normalized spacial score (nSPS) is 20.2. The SMILES string of the molecule is COc1ccccc1C1(CNC(=O)NC2CCCCC2)CC1. The van der Waals surface area contributed by atoms with Crippen LogP contribution in [0.3, 0.4) is 0 Å². The molecule has 4 nitrogen and oxygen atoms in total. The van der Waals surface area contributed by atoms with E-state index in [-0.39, 0.29) is 11.4 Å². The molecular weight excluding hydrogens is 276 g/mol. The van der Waals surface area contributed by atoms with Crippen LogP contribution in [-0.2, 0) is 5.41 Å². The van der Waals surface area contributed by atoms with Gasteiger partial charge in [0, 0.05) is 23.6 Å². The van der Waals surface area contributed by atoms with E-state index >= 15 is 0 Å². The molecule has 120 valence electrons. The first-order valence-electron chi connectivity index (χ1n) is 8.41. The number of hydrogen-bond acceptors (Lipinski definition) is 2. The smallest absolute Gasteiger partial charge is 0.315 e. The first kappa shape index (κ1) is 15.2. The molecule has 0 heterocycles. The third-order valence-corrected chi connectivity index (χ3v) is 5.06. The van der Waals surface area contributed by atoms with E-state index in [1.807, 2.05) is 18.2 Å². The van der Waals surface area contributed by atoms with E-state index in [4.69, 9.17) is 4.74 Å². The molecule has 2 fully saturated rings. The lowest BCUT2D eigenvalue weighted by Gasteiger charge is -2.24. The number of ether oxygens (including phenoxy) is 1. The number of benzene rings is 1.